The molecule has 262 valence electrons. The quantitative estimate of drug-likeness (QED) is 0.170. The van der Waals surface area contributed by atoms with E-state index in [2.05, 4.69) is 163 Å². The maximum absolute atomic E-state index is 5.29. The van der Waals surface area contributed by atoms with Crippen molar-refractivity contribution in [1.29, 1.82) is 0 Å². The highest BCUT2D eigenvalue weighted by Gasteiger charge is 2.18. The molecule has 0 aliphatic heterocycles. The molecule has 0 N–H and O–H groups in total. The van der Waals surface area contributed by atoms with Crippen LogP contribution >= 0.6 is 22.7 Å². The van der Waals surface area contributed by atoms with Gasteiger partial charge in [-0.3, -0.25) is 4.98 Å². The van der Waals surface area contributed by atoms with Crippen LogP contribution in [-0.2, 0) is 0 Å². The summed E-state index contributed by atoms with van der Waals surface area (Å²) in [6.07, 6.45) is 3.60. The van der Waals surface area contributed by atoms with Gasteiger partial charge in [0, 0.05) is 69.4 Å². The Kier molecular flexibility index (Phi) is 7.87. The number of aromatic nitrogens is 3. The fourth-order valence-corrected chi connectivity index (χ4v) is 10.3. The van der Waals surface area contributed by atoms with Crippen molar-refractivity contribution in [2.24, 2.45) is 0 Å². The highest BCUT2D eigenvalue weighted by molar-refractivity contribution is 7.26. The summed E-state index contributed by atoms with van der Waals surface area (Å²) in [6, 6.07) is 63.1. The minimum atomic E-state index is 0.664. The molecular weight excluding hydrogens is 719 g/mol. The largest absolute Gasteiger partial charge is 0.265 e. The average Bonchev–Trinajstić information content (AvgIpc) is 3.86. The minimum absolute atomic E-state index is 0.664. The maximum Gasteiger partial charge on any atom is 0.160 e. The number of hydrogen-bond acceptors (Lipinski definition) is 5. The molecule has 3 nitrogen and oxygen atoms in total. The van der Waals surface area contributed by atoms with Gasteiger partial charge in [-0.2, -0.15) is 0 Å². The lowest BCUT2D eigenvalue weighted by Crippen LogP contribution is -1.97. The van der Waals surface area contributed by atoms with Crippen LogP contribution in [0.15, 0.2) is 188 Å². The normalized spacial score (nSPS) is 11.6. The molecule has 0 aliphatic rings. The van der Waals surface area contributed by atoms with Gasteiger partial charge >= 0.3 is 0 Å². The lowest BCUT2D eigenvalue weighted by Gasteiger charge is -2.14. The van der Waals surface area contributed by atoms with Gasteiger partial charge in [0.25, 0.3) is 0 Å². The molecule has 0 saturated carbocycles. The summed E-state index contributed by atoms with van der Waals surface area (Å²) in [7, 11) is 0. The lowest BCUT2D eigenvalue weighted by atomic mass is 9.93. The Hall–Kier alpha value is -6.79. The SMILES string of the molecule is c1ccc(-c2ccc(-c3cc(-c4cc(-c5cccc6c5sc5ccccc56)cc(-c5cccc6c5sc5ccccc56)c4)nc(-c4ccncc4)n3)cc2)cc1. The van der Waals surface area contributed by atoms with Crippen molar-refractivity contribution in [2.45, 2.75) is 0 Å². The second-order valence-corrected chi connectivity index (χ2v) is 16.1. The Labute approximate surface area is 331 Å². The van der Waals surface area contributed by atoms with Crippen molar-refractivity contribution in [3.8, 4) is 67.3 Å². The molecule has 7 aromatic carbocycles. The number of fused-ring (bicyclic) bond motifs is 6. The second kappa shape index (κ2) is 13.5. The van der Waals surface area contributed by atoms with Gasteiger partial charge in [-0.1, -0.05) is 127 Å². The first-order valence-electron chi connectivity index (χ1n) is 18.7. The van der Waals surface area contributed by atoms with E-state index in [4.69, 9.17) is 9.97 Å². The molecule has 11 aromatic rings. The Morgan fingerprint density at radius 2 is 0.804 bits per heavy atom. The molecule has 56 heavy (non-hydrogen) atoms. The fourth-order valence-electron chi connectivity index (χ4n) is 7.87. The van der Waals surface area contributed by atoms with E-state index in [1.807, 2.05) is 40.9 Å². The summed E-state index contributed by atoms with van der Waals surface area (Å²) in [5.74, 6) is 0.664. The molecule has 0 unspecified atom stereocenters. The molecule has 0 spiro atoms. The van der Waals surface area contributed by atoms with Crippen molar-refractivity contribution in [1.82, 2.24) is 15.0 Å². The summed E-state index contributed by atoms with van der Waals surface area (Å²) in [4.78, 5) is 14.7. The standard InChI is InChI=1S/C51H31N3S2/c1-2-10-32(11-3-1)33-20-22-34(23-21-33)45-31-46(54-51(53-45)35-24-26-52-27-25-35)38-29-36(39-14-8-16-43-41-12-4-6-18-47(41)55-49(39)43)28-37(30-38)40-15-9-17-44-42-13-5-7-19-48(42)56-50(40)44/h1-31H. The third-order valence-electron chi connectivity index (χ3n) is 10.6. The average molecular weight is 750 g/mol. The molecule has 4 heterocycles. The summed E-state index contributed by atoms with van der Waals surface area (Å²) < 4.78 is 5.16. The van der Waals surface area contributed by atoms with Crippen molar-refractivity contribution in [2.75, 3.05) is 0 Å². The van der Waals surface area contributed by atoms with Crippen LogP contribution in [0.3, 0.4) is 0 Å². The number of pyridine rings is 1. The van der Waals surface area contributed by atoms with Crippen LogP contribution in [0.1, 0.15) is 0 Å². The van der Waals surface area contributed by atoms with Gasteiger partial charge < -0.3 is 0 Å². The Bertz CT molecular complexity index is 3110. The van der Waals surface area contributed by atoms with E-state index < -0.39 is 0 Å². The smallest absolute Gasteiger partial charge is 0.160 e. The van der Waals surface area contributed by atoms with E-state index in [1.54, 1.807) is 12.4 Å². The van der Waals surface area contributed by atoms with Crippen molar-refractivity contribution < 1.29 is 0 Å². The summed E-state index contributed by atoms with van der Waals surface area (Å²) in [6.45, 7) is 0. The first-order chi connectivity index (χ1) is 27.7. The van der Waals surface area contributed by atoms with Crippen LogP contribution < -0.4 is 0 Å². The lowest BCUT2D eigenvalue weighted by molar-refractivity contribution is 1.18. The van der Waals surface area contributed by atoms with Crippen LogP contribution in [-0.4, -0.2) is 15.0 Å². The van der Waals surface area contributed by atoms with Crippen molar-refractivity contribution in [3.05, 3.63) is 188 Å². The maximum atomic E-state index is 5.29. The van der Waals surface area contributed by atoms with Gasteiger partial charge in [-0.15, -0.1) is 22.7 Å². The summed E-state index contributed by atoms with van der Waals surface area (Å²) in [5, 5.41) is 5.15. The third kappa shape index (κ3) is 5.68. The van der Waals surface area contributed by atoms with Crippen molar-refractivity contribution in [3.63, 3.8) is 0 Å². The van der Waals surface area contributed by atoms with E-state index in [-0.39, 0.29) is 0 Å². The second-order valence-electron chi connectivity index (χ2n) is 14.0. The monoisotopic (exact) mass is 749 g/mol. The predicted molar refractivity (Wildman–Crippen MR) is 238 cm³/mol. The van der Waals surface area contributed by atoms with E-state index in [0.717, 1.165) is 39.2 Å². The van der Waals surface area contributed by atoms with Gasteiger partial charge in [-0.05, 0) is 81.9 Å². The zero-order valence-corrected chi connectivity index (χ0v) is 31.7. The zero-order valence-electron chi connectivity index (χ0n) is 30.1. The first kappa shape index (κ1) is 32.6. The van der Waals surface area contributed by atoms with E-state index in [0.29, 0.717) is 5.82 Å². The van der Waals surface area contributed by atoms with E-state index in [9.17, 15) is 0 Å². The van der Waals surface area contributed by atoms with Crippen LogP contribution in [0.25, 0.3) is 108 Å². The van der Waals surface area contributed by atoms with Crippen molar-refractivity contribution >= 4 is 63.0 Å². The summed E-state index contributed by atoms with van der Waals surface area (Å²) in [5.41, 5.74) is 11.8. The Balaban J connectivity index is 1.15. The number of rotatable bonds is 6. The summed E-state index contributed by atoms with van der Waals surface area (Å²) >= 11 is 3.72. The zero-order chi connectivity index (χ0) is 37.0. The van der Waals surface area contributed by atoms with E-state index >= 15 is 0 Å². The van der Waals surface area contributed by atoms with Crippen LogP contribution in [0.5, 0.6) is 0 Å². The van der Waals surface area contributed by atoms with Gasteiger partial charge in [0.05, 0.1) is 11.4 Å². The van der Waals surface area contributed by atoms with Crippen LogP contribution in [0, 0.1) is 0 Å². The Morgan fingerprint density at radius 1 is 0.321 bits per heavy atom. The molecule has 0 saturated heterocycles. The van der Waals surface area contributed by atoms with E-state index in [1.165, 1.54) is 62.6 Å². The van der Waals surface area contributed by atoms with Crippen LogP contribution in [0.4, 0.5) is 0 Å². The van der Waals surface area contributed by atoms with Crippen LogP contribution in [0.2, 0.25) is 0 Å². The predicted octanol–water partition coefficient (Wildman–Crippen LogP) is 14.6. The molecule has 5 heteroatoms. The number of thiophene rings is 2. The topological polar surface area (TPSA) is 38.7 Å². The molecule has 0 radical (unpaired) electrons. The Morgan fingerprint density at radius 3 is 1.41 bits per heavy atom. The molecule has 0 amide bonds. The highest BCUT2D eigenvalue weighted by atomic mass is 32.1. The number of benzene rings is 7. The first-order valence-corrected chi connectivity index (χ1v) is 20.3. The number of hydrogen-bond donors (Lipinski definition) is 0. The fraction of sp³-hybridized carbons (Fsp3) is 0. The molecule has 0 bridgehead atoms. The molecular formula is C51H31N3S2. The minimum Gasteiger partial charge on any atom is -0.265 e. The van der Waals surface area contributed by atoms with Gasteiger partial charge in [0.1, 0.15) is 0 Å². The van der Waals surface area contributed by atoms with Gasteiger partial charge in [0.15, 0.2) is 5.82 Å². The third-order valence-corrected chi connectivity index (χ3v) is 13.1. The number of nitrogens with zero attached hydrogens (tertiary/aromatic N) is 3. The molecule has 0 atom stereocenters. The molecule has 11 rings (SSSR count). The van der Waals surface area contributed by atoms with Gasteiger partial charge in [0.2, 0.25) is 0 Å². The molecule has 0 fully saturated rings. The molecule has 0 aliphatic carbocycles. The van der Waals surface area contributed by atoms with Gasteiger partial charge in [-0.25, -0.2) is 9.97 Å². The highest BCUT2D eigenvalue weighted by Crippen LogP contribution is 2.45. The molecule has 4 aromatic heterocycles.